The minimum absolute atomic E-state index is 0.0667. The molecule has 1 N–H and O–H groups in total. The van der Waals surface area contributed by atoms with E-state index < -0.39 is 6.10 Å². The van der Waals surface area contributed by atoms with E-state index in [0.29, 0.717) is 18.1 Å². The van der Waals surface area contributed by atoms with Crippen molar-refractivity contribution in [1.82, 2.24) is 10.1 Å². The Balaban J connectivity index is 2.69. The van der Waals surface area contributed by atoms with Crippen molar-refractivity contribution >= 4 is 0 Å². The number of aromatic nitrogens is 2. The minimum Gasteiger partial charge on any atom is -0.393 e. The molecule has 0 aliphatic rings. The van der Waals surface area contributed by atoms with Crippen LogP contribution in [0.15, 0.2) is 4.52 Å². The number of rotatable bonds is 6. The maximum absolute atomic E-state index is 9.55. The molecule has 0 aliphatic carbocycles. The molecule has 16 heavy (non-hydrogen) atoms. The van der Waals surface area contributed by atoms with Gasteiger partial charge in [-0.3, -0.25) is 0 Å². The summed E-state index contributed by atoms with van der Waals surface area (Å²) in [5.74, 6) is 1.05. The Labute approximate surface area is 95.8 Å². The van der Waals surface area contributed by atoms with Gasteiger partial charge in [0.15, 0.2) is 5.82 Å². The van der Waals surface area contributed by atoms with Crippen molar-refractivity contribution in [3.8, 4) is 0 Å². The lowest BCUT2D eigenvalue weighted by molar-refractivity contribution is 0.116. The van der Waals surface area contributed by atoms with Crippen LogP contribution in [0.3, 0.4) is 0 Å². The van der Waals surface area contributed by atoms with Gasteiger partial charge in [0.25, 0.3) is 0 Å². The zero-order chi connectivity index (χ0) is 12.1. The maximum Gasteiger partial charge on any atom is 0.232 e. The van der Waals surface area contributed by atoms with Crippen LogP contribution in [0.25, 0.3) is 0 Å². The molecule has 5 nitrogen and oxygen atoms in total. The first-order valence-electron chi connectivity index (χ1n) is 5.61. The Morgan fingerprint density at radius 2 is 2.12 bits per heavy atom. The van der Waals surface area contributed by atoms with Crippen LogP contribution in [0.1, 0.15) is 44.8 Å². The smallest absolute Gasteiger partial charge is 0.232 e. The summed E-state index contributed by atoms with van der Waals surface area (Å²) < 4.78 is 10.3. The fraction of sp³-hybridized carbons (Fsp3) is 0.818. The third kappa shape index (κ3) is 3.28. The van der Waals surface area contributed by atoms with Crippen molar-refractivity contribution in [3.63, 3.8) is 0 Å². The molecule has 0 radical (unpaired) electrons. The lowest BCUT2D eigenvalue weighted by atomic mass is 10.0. The van der Waals surface area contributed by atoms with E-state index in [0.717, 1.165) is 6.42 Å². The molecule has 92 valence electrons. The molecule has 1 heterocycles. The highest BCUT2D eigenvalue weighted by molar-refractivity contribution is 4.96. The average Bonchev–Trinajstić information content (AvgIpc) is 2.66. The topological polar surface area (TPSA) is 68.4 Å². The van der Waals surface area contributed by atoms with Gasteiger partial charge in [0.2, 0.25) is 5.89 Å². The number of hydrogen-bond donors (Lipinski definition) is 1. The highest BCUT2D eigenvalue weighted by atomic mass is 16.5. The fourth-order valence-electron chi connectivity index (χ4n) is 1.56. The second-order valence-corrected chi connectivity index (χ2v) is 4.05. The molecule has 0 fully saturated rings. The van der Waals surface area contributed by atoms with E-state index in [1.54, 1.807) is 14.0 Å². The van der Waals surface area contributed by atoms with Gasteiger partial charge in [0.1, 0.15) is 0 Å². The van der Waals surface area contributed by atoms with E-state index in [9.17, 15) is 5.11 Å². The highest BCUT2D eigenvalue weighted by Crippen LogP contribution is 2.21. The Bertz CT molecular complexity index is 312. The zero-order valence-electron chi connectivity index (χ0n) is 10.3. The van der Waals surface area contributed by atoms with Crippen molar-refractivity contribution in [2.45, 2.75) is 51.7 Å². The van der Waals surface area contributed by atoms with Crippen LogP contribution >= 0.6 is 0 Å². The highest BCUT2D eigenvalue weighted by Gasteiger charge is 2.22. The lowest BCUT2D eigenvalue weighted by Crippen LogP contribution is -2.14. The molecule has 1 rings (SSSR count). The monoisotopic (exact) mass is 228 g/mol. The molecule has 0 bridgehead atoms. The van der Waals surface area contributed by atoms with Gasteiger partial charge in [-0.1, -0.05) is 12.1 Å². The first kappa shape index (κ1) is 13.1. The van der Waals surface area contributed by atoms with Gasteiger partial charge in [-0.15, -0.1) is 0 Å². The second-order valence-electron chi connectivity index (χ2n) is 4.05. The molecule has 5 heteroatoms. The average molecular weight is 228 g/mol. The normalized spacial score (nSPS) is 17.1. The SMILES string of the molecule is CCC(c1nc(CC(C)OC)no1)C(C)O. The van der Waals surface area contributed by atoms with Crippen molar-refractivity contribution in [2.24, 2.45) is 0 Å². The van der Waals surface area contributed by atoms with Crippen molar-refractivity contribution in [3.05, 3.63) is 11.7 Å². The summed E-state index contributed by atoms with van der Waals surface area (Å²) >= 11 is 0. The summed E-state index contributed by atoms with van der Waals surface area (Å²) in [7, 11) is 1.65. The number of methoxy groups -OCH3 is 1. The van der Waals surface area contributed by atoms with E-state index in [1.165, 1.54) is 0 Å². The fourth-order valence-corrected chi connectivity index (χ4v) is 1.56. The number of ether oxygens (including phenoxy) is 1. The summed E-state index contributed by atoms with van der Waals surface area (Å²) in [4.78, 5) is 4.27. The Morgan fingerprint density at radius 1 is 1.44 bits per heavy atom. The molecule has 0 amide bonds. The van der Waals surface area contributed by atoms with Crippen LogP contribution in [0, 0.1) is 0 Å². The first-order valence-corrected chi connectivity index (χ1v) is 5.61. The summed E-state index contributed by atoms with van der Waals surface area (Å²) in [5, 5.41) is 13.4. The van der Waals surface area contributed by atoms with Gasteiger partial charge in [-0.05, 0) is 20.3 Å². The molecule has 0 aromatic carbocycles. The number of aliphatic hydroxyl groups is 1. The van der Waals surface area contributed by atoms with Crippen LogP contribution in [-0.2, 0) is 11.2 Å². The van der Waals surface area contributed by atoms with Crippen LogP contribution in [-0.4, -0.2) is 34.6 Å². The van der Waals surface area contributed by atoms with Gasteiger partial charge >= 0.3 is 0 Å². The molecule has 3 atom stereocenters. The Kier molecular flexibility index (Phi) is 4.89. The van der Waals surface area contributed by atoms with Crippen molar-refractivity contribution in [2.75, 3.05) is 7.11 Å². The van der Waals surface area contributed by atoms with Crippen molar-refractivity contribution in [1.29, 1.82) is 0 Å². The van der Waals surface area contributed by atoms with Crippen molar-refractivity contribution < 1.29 is 14.4 Å². The number of aliphatic hydroxyl groups excluding tert-OH is 1. The van der Waals surface area contributed by atoms with Gasteiger partial charge in [0.05, 0.1) is 18.1 Å². The molecular weight excluding hydrogens is 208 g/mol. The van der Waals surface area contributed by atoms with E-state index >= 15 is 0 Å². The van der Waals surface area contributed by atoms with E-state index in [1.807, 2.05) is 13.8 Å². The predicted molar refractivity (Wildman–Crippen MR) is 59.2 cm³/mol. The van der Waals surface area contributed by atoms with E-state index in [-0.39, 0.29) is 12.0 Å². The Hall–Kier alpha value is -0.940. The van der Waals surface area contributed by atoms with Gasteiger partial charge < -0.3 is 14.4 Å². The minimum atomic E-state index is -0.474. The summed E-state index contributed by atoms with van der Waals surface area (Å²) in [6.07, 6.45) is 0.991. The first-order chi connectivity index (χ1) is 7.58. The predicted octanol–water partition coefficient (Wildman–Crippen LogP) is 1.52. The van der Waals surface area contributed by atoms with E-state index in [4.69, 9.17) is 9.26 Å². The van der Waals surface area contributed by atoms with Crippen LogP contribution in [0.4, 0.5) is 0 Å². The quantitative estimate of drug-likeness (QED) is 0.799. The van der Waals surface area contributed by atoms with E-state index in [2.05, 4.69) is 10.1 Å². The zero-order valence-corrected chi connectivity index (χ0v) is 10.3. The van der Waals surface area contributed by atoms with Crippen LogP contribution in [0.5, 0.6) is 0 Å². The summed E-state index contributed by atoms with van der Waals surface area (Å²) in [6.45, 7) is 5.66. The molecule has 0 aliphatic heterocycles. The molecular formula is C11H20N2O3. The summed E-state index contributed by atoms with van der Waals surface area (Å²) in [6, 6.07) is 0. The molecule has 1 aromatic heterocycles. The third-order valence-corrected chi connectivity index (χ3v) is 2.70. The maximum atomic E-state index is 9.55. The molecule has 1 aromatic rings. The summed E-state index contributed by atoms with van der Waals surface area (Å²) in [5.41, 5.74) is 0. The standard InChI is InChI=1S/C11H20N2O3/c1-5-9(8(3)14)11-12-10(13-16-11)6-7(2)15-4/h7-9,14H,5-6H2,1-4H3. The number of hydrogen-bond acceptors (Lipinski definition) is 5. The van der Waals surface area contributed by atoms with Crippen LogP contribution in [0.2, 0.25) is 0 Å². The Morgan fingerprint density at radius 3 is 2.62 bits per heavy atom. The van der Waals surface area contributed by atoms with Gasteiger partial charge in [-0.25, -0.2) is 0 Å². The second kappa shape index (κ2) is 5.96. The van der Waals surface area contributed by atoms with Crippen LogP contribution < -0.4 is 0 Å². The largest absolute Gasteiger partial charge is 0.393 e. The molecule has 0 saturated heterocycles. The number of nitrogens with zero attached hydrogens (tertiary/aromatic N) is 2. The van der Waals surface area contributed by atoms with Gasteiger partial charge in [-0.2, -0.15) is 4.98 Å². The third-order valence-electron chi connectivity index (χ3n) is 2.70. The molecule has 3 unspecified atom stereocenters. The molecule has 0 saturated carbocycles. The molecule has 0 spiro atoms. The lowest BCUT2D eigenvalue weighted by Gasteiger charge is -2.12. The van der Waals surface area contributed by atoms with Gasteiger partial charge in [0, 0.05) is 13.5 Å².